The fraction of sp³-hybridized carbons (Fsp3) is 0.312. The molecular formula is C16H11Cl6N3O. The van der Waals surface area contributed by atoms with E-state index in [-0.39, 0.29) is 17.5 Å². The van der Waals surface area contributed by atoms with E-state index < -0.39 is 7.59 Å². The molecule has 26 heavy (non-hydrogen) atoms. The minimum atomic E-state index is -1.91. The molecule has 2 aromatic rings. The summed E-state index contributed by atoms with van der Waals surface area (Å²) in [7, 11) is 0. The van der Waals surface area contributed by atoms with E-state index in [1.807, 2.05) is 24.3 Å². The Labute approximate surface area is 180 Å². The van der Waals surface area contributed by atoms with Gasteiger partial charge < -0.3 is 4.74 Å². The Hall–Kier alpha value is -0.490. The first kappa shape index (κ1) is 20.2. The lowest BCUT2D eigenvalue weighted by atomic mass is 10.0. The third kappa shape index (κ3) is 4.49. The van der Waals surface area contributed by atoms with Crippen LogP contribution in [0.15, 0.2) is 24.3 Å². The molecule has 4 nitrogen and oxygen atoms in total. The highest BCUT2D eigenvalue weighted by atomic mass is 35.6. The van der Waals surface area contributed by atoms with Gasteiger partial charge in [-0.15, -0.1) is 0 Å². The standard InChI is InChI=1S/C16H11Cl6N3O/c1-7(2)8-3-5-9(6-4-8)10-11(26-10)12-23-13(15(17,18)19)25-14(24-12)16(20,21)22/h3-7H,1-2H3. The number of hydrogen-bond donors (Lipinski definition) is 0. The van der Waals surface area contributed by atoms with Crippen LogP contribution in [-0.4, -0.2) is 15.0 Å². The van der Waals surface area contributed by atoms with Crippen molar-refractivity contribution in [2.24, 2.45) is 0 Å². The molecule has 0 spiro atoms. The third-order valence-electron chi connectivity index (χ3n) is 3.55. The average Bonchev–Trinajstić information content (AvgIpc) is 3.33. The summed E-state index contributed by atoms with van der Waals surface area (Å²) in [5, 5.41) is 0. The zero-order valence-corrected chi connectivity index (χ0v) is 17.9. The van der Waals surface area contributed by atoms with Gasteiger partial charge in [0.2, 0.25) is 19.2 Å². The van der Waals surface area contributed by atoms with Gasteiger partial charge in [0.15, 0.2) is 17.4 Å². The molecule has 1 aromatic heterocycles. The molecule has 0 saturated heterocycles. The molecule has 10 heteroatoms. The molecule has 0 bridgehead atoms. The number of aromatic nitrogens is 3. The van der Waals surface area contributed by atoms with Gasteiger partial charge in [0.1, 0.15) is 0 Å². The van der Waals surface area contributed by atoms with E-state index in [9.17, 15) is 0 Å². The quantitative estimate of drug-likeness (QED) is 0.477. The molecule has 1 aromatic carbocycles. The lowest BCUT2D eigenvalue weighted by Crippen LogP contribution is -2.17. The highest BCUT2D eigenvalue weighted by molar-refractivity contribution is 6.67. The van der Waals surface area contributed by atoms with Gasteiger partial charge >= 0.3 is 0 Å². The van der Waals surface area contributed by atoms with Crippen LogP contribution in [0.5, 0.6) is 0 Å². The van der Waals surface area contributed by atoms with E-state index in [4.69, 9.17) is 74.3 Å². The number of alkyl halides is 6. The summed E-state index contributed by atoms with van der Waals surface area (Å²) in [6.07, 6.45) is 0. The molecule has 0 amide bonds. The highest BCUT2D eigenvalue weighted by Crippen LogP contribution is 2.45. The summed E-state index contributed by atoms with van der Waals surface area (Å²) >= 11 is 35.2. The van der Waals surface area contributed by atoms with Gasteiger partial charge in [-0.2, -0.15) is 0 Å². The van der Waals surface area contributed by atoms with Crippen molar-refractivity contribution in [1.29, 1.82) is 0 Å². The summed E-state index contributed by atoms with van der Waals surface area (Å²) in [5.74, 6) is 1.26. The van der Waals surface area contributed by atoms with E-state index in [1.165, 1.54) is 5.56 Å². The molecule has 0 N–H and O–H groups in total. The minimum absolute atomic E-state index is 0.130. The zero-order chi connectivity index (χ0) is 19.3. The lowest BCUT2D eigenvalue weighted by molar-refractivity contribution is 0.578. The van der Waals surface area contributed by atoms with Gasteiger partial charge in [0, 0.05) is 5.56 Å². The van der Waals surface area contributed by atoms with Crippen molar-refractivity contribution in [1.82, 2.24) is 15.0 Å². The monoisotopic (exact) mass is 471 g/mol. The molecule has 0 atom stereocenters. The number of hydrogen-bond acceptors (Lipinski definition) is 4. The van der Waals surface area contributed by atoms with E-state index in [1.54, 1.807) is 0 Å². The Morgan fingerprint density at radius 1 is 0.769 bits per heavy atom. The third-order valence-corrected chi connectivity index (χ3v) is 4.57. The normalized spacial score (nSPS) is 14.7. The molecule has 0 aliphatic carbocycles. The number of nitrogens with zero attached hydrogens (tertiary/aromatic N) is 3. The maximum absolute atomic E-state index is 5.87. The second-order valence-electron chi connectivity index (χ2n) is 5.84. The summed E-state index contributed by atoms with van der Waals surface area (Å²) < 4.78 is 1.74. The Balaban J connectivity index is 2.02. The van der Waals surface area contributed by atoms with Crippen molar-refractivity contribution in [3.63, 3.8) is 0 Å². The second kappa shape index (κ2) is 7.16. The Morgan fingerprint density at radius 2 is 1.27 bits per heavy atom. The summed E-state index contributed by atoms with van der Waals surface area (Å²) in [5.41, 5.74) is 2.09. The fourth-order valence-electron chi connectivity index (χ4n) is 2.16. The van der Waals surface area contributed by atoms with Crippen LogP contribution in [0, 0.1) is 0 Å². The number of ether oxygens (including phenoxy) is 1. The van der Waals surface area contributed by atoms with Crippen LogP contribution >= 0.6 is 69.6 Å². The molecule has 138 valence electrons. The Bertz CT molecular complexity index is 837. The summed E-state index contributed by atoms with van der Waals surface area (Å²) in [4.78, 5) is 12.2. The van der Waals surface area contributed by atoms with E-state index in [0.717, 1.165) is 5.56 Å². The number of benzene rings is 1. The molecule has 3 rings (SSSR count). The predicted octanol–water partition coefficient (Wildman–Crippen LogP) is 6.50. The van der Waals surface area contributed by atoms with Gasteiger partial charge in [-0.05, 0) is 11.5 Å². The van der Waals surface area contributed by atoms with Crippen molar-refractivity contribution in [2.75, 3.05) is 0 Å². The first-order chi connectivity index (χ1) is 12.0. The van der Waals surface area contributed by atoms with Crippen molar-refractivity contribution in [2.45, 2.75) is 27.4 Å². The van der Waals surface area contributed by atoms with E-state index >= 15 is 0 Å². The van der Waals surface area contributed by atoms with Crippen LogP contribution < -0.4 is 0 Å². The van der Waals surface area contributed by atoms with Crippen LogP contribution in [0.3, 0.4) is 0 Å². The van der Waals surface area contributed by atoms with Crippen molar-refractivity contribution >= 4 is 81.1 Å². The smallest absolute Gasteiger partial charge is 0.250 e. The van der Waals surface area contributed by atoms with Crippen molar-refractivity contribution in [3.8, 4) is 0 Å². The van der Waals surface area contributed by atoms with Crippen LogP contribution in [0.25, 0.3) is 11.5 Å². The van der Waals surface area contributed by atoms with Crippen LogP contribution in [0.1, 0.15) is 48.4 Å². The molecule has 2 heterocycles. The first-order valence-electron chi connectivity index (χ1n) is 7.40. The largest absolute Gasteiger partial charge is 0.445 e. The molecule has 0 radical (unpaired) electrons. The van der Waals surface area contributed by atoms with Gasteiger partial charge in [-0.3, -0.25) is 0 Å². The summed E-state index contributed by atoms with van der Waals surface area (Å²) in [6.45, 7) is 4.24. The minimum Gasteiger partial charge on any atom is -0.445 e. The van der Waals surface area contributed by atoms with E-state index in [0.29, 0.717) is 17.4 Å². The zero-order valence-electron chi connectivity index (χ0n) is 13.4. The Morgan fingerprint density at radius 3 is 1.69 bits per heavy atom. The lowest BCUT2D eigenvalue weighted by Gasteiger charge is -2.14. The van der Waals surface area contributed by atoms with Crippen LogP contribution in [0.2, 0.25) is 0 Å². The Kier molecular flexibility index (Phi) is 5.57. The van der Waals surface area contributed by atoms with Gasteiger partial charge in [-0.1, -0.05) is 108 Å². The molecular weight excluding hydrogens is 463 g/mol. The maximum atomic E-state index is 5.87. The predicted molar refractivity (Wildman–Crippen MR) is 107 cm³/mol. The summed E-state index contributed by atoms with van der Waals surface area (Å²) in [6, 6.07) is 7.95. The molecule has 0 unspecified atom stereocenters. The second-order valence-corrected chi connectivity index (χ2v) is 10.4. The van der Waals surface area contributed by atoms with Crippen LogP contribution in [0.4, 0.5) is 0 Å². The van der Waals surface area contributed by atoms with Crippen molar-refractivity contribution in [3.05, 3.63) is 52.9 Å². The van der Waals surface area contributed by atoms with Gasteiger partial charge in [0.05, 0.1) is 0 Å². The maximum Gasteiger partial charge on any atom is 0.250 e. The van der Waals surface area contributed by atoms with Crippen molar-refractivity contribution < 1.29 is 4.74 Å². The van der Waals surface area contributed by atoms with Gasteiger partial charge in [-0.25, -0.2) is 15.0 Å². The SMILES string of the molecule is CC(C)c1ccc(C2=C(c3nc(C(Cl)(Cl)Cl)nc(C(Cl)(Cl)Cl)n3)O2)cc1. The fourth-order valence-corrected chi connectivity index (χ4v) is 2.67. The van der Waals surface area contributed by atoms with E-state index in [2.05, 4.69) is 28.8 Å². The molecule has 1 aliphatic rings. The van der Waals surface area contributed by atoms with Gasteiger partial charge in [0.25, 0.3) is 0 Å². The number of rotatable bonds is 3. The topological polar surface area (TPSA) is 51.2 Å². The molecule has 1 aliphatic heterocycles. The first-order valence-corrected chi connectivity index (χ1v) is 9.67. The van der Waals surface area contributed by atoms with Crippen LogP contribution in [-0.2, 0) is 12.3 Å². The highest BCUT2D eigenvalue weighted by Gasteiger charge is 2.38. The average molecular weight is 474 g/mol. The number of halogens is 6. The molecule has 0 saturated carbocycles. The molecule has 0 fully saturated rings.